The zero-order valence-electron chi connectivity index (χ0n) is 19.2. The van der Waals surface area contributed by atoms with Crippen molar-refractivity contribution in [1.82, 2.24) is 19.9 Å². The van der Waals surface area contributed by atoms with Crippen LogP contribution in [0, 0.1) is 5.82 Å². The predicted octanol–water partition coefficient (Wildman–Crippen LogP) is 3.76. The van der Waals surface area contributed by atoms with Gasteiger partial charge in [0.05, 0.1) is 22.9 Å². The van der Waals surface area contributed by atoms with E-state index in [4.69, 9.17) is 0 Å². The van der Waals surface area contributed by atoms with Crippen molar-refractivity contribution in [2.75, 3.05) is 5.32 Å². The first-order chi connectivity index (χ1) is 16.8. The van der Waals surface area contributed by atoms with Gasteiger partial charge >= 0.3 is 0 Å². The first-order valence-corrected chi connectivity index (χ1v) is 11.9. The summed E-state index contributed by atoms with van der Waals surface area (Å²) in [6.45, 7) is 3.23. The molecule has 2 amide bonds. The van der Waals surface area contributed by atoms with Gasteiger partial charge in [0.2, 0.25) is 11.8 Å². The third-order valence-corrected chi connectivity index (χ3v) is 6.17. The van der Waals surface area contributed by atoms with Crippen LogP contribution in [0.25, 0.3) is 22.2 Å². The smallest absolute Gasteiger partial charge is 0.261 e. The minimum Gasteiger partial charge on any atom is -0.354 e. The Kier molecular flexibility index (Phi) is 7.31. The van der Waals surface area contributed by atoms with E-state index in [0.29, 0.717) is 10.6 Å². The molecule has 0 saturated carbocycles. The van der Waals surface area contributed by atoms with Gasteiger partial charge in [-0.2, -0.15) is 0 Å². The van der Waals surface area contributed by atoms with E-state index < -0.39 is 17.3 Å². The Hall–Kier alpha value is -3.92. The third-order valence-electron chi connectivity index (χ3n) is 5.42. The summed E-state index contributed by atoms with van der Waals surface area (Å²) in [4.78, 5) is 44.8. The van der Waals surface area contributed by atoms with Crippen LogP contribution in [0.5, 0.6) is 0 Å². The van der Waals surface area contributed by atoms with E-state index in [9.17, 15) is 18.8 Å². The largest absolute Gasteiger partial charge is 0.354 e. The van der Waals surface area contributed by atoms with E-state index in [0.717, 1.165) is 40.3 Å². The number of benzene rings is 2. The Morgan fingerprint density at radius 2 is 1.94 bits per heavy atom. The van der Waals surface area contributed by atoms with Gasteiger partial charge in [-0.3, -0.25) is 19.0 Å². The van der Waals surface area contributed by atoms with E-state index in [1.807, 2.05) is 36.6 Å². The van der Waals surface area contributed by atoms with Crippen LogP contribution >= 0.6 is 11.3 Å². The quantitative estimate of drug-likeness (QED) is 0.389. The van der Waals surface area contributed by atoms with Crippen molar-refractivity contribution in [3.63, 3.8) is 0 Å². The lowest BCUT2D eigenvalue weighted by Gasteiger charge is -2.12. The van der Waals surface area contributed by atoms with Crippen molar-refractivity contribution in [2.45, 2.75) is 39.3 Å². The Balaban J connectivity index is 1.37. The predicted molar refractivity (Wildman–Crippen MR) is 134 cm³/mol. The van der Waals surface area contributed by atoms with Crippen molar-refractivity contribution in [2.24, 2.45) is 0 Å². The fourth-order valence-corrected chi connectivity index (χ4v) is 4.40. The number of fused-ring (bicyclic) bond motifs is 1. The Labute approximate surface area is 204 Å². The molecule has 4 aromatic rings. The standard InChI is InChI=1S/C25H24FN5O3S/c1-15(28-16(2)32)3-4-17-5-7-18(8-6-17)22-13-35-25(29-22)30-23(33)12-31-14-27-21-10-9-19(26)11-20(21)24(31)34/h5-11,13-15H,3-4,12H2,1-2H3,(H,28,32)(H,29,30,33). The SMILES string of the molecule is CC(=O)NC(C)CCc1ccc(-c2csc(NC(=O)Cn3cnc4ccc(F)cc4c3=O)n2)cc1. The molecule has 1 unspecified atom stereocenters. The van der Waals surface area contributed by atoms with E-state index in [2.05, 4.69) is 20.6 Å². The molecule has 0 radical (unpaired) electrons. The summed E-state index contributed by atoms with van der Waals surface area (Å²) in [7, 11) is 0. The maximum absolute atomic E-state index is 13.5. The first kappa shape index (κ1) is 24.2. The molecule has 0 spiro atoms. The van der Waals surface area contributed by atoms with Gasteiger partial charge in [-0.25, -0.2) is 14.4 Å². The monoisotopic (exact) mass is 493 g/mol. The molecule has 1 atom stereocenters. The molecule has 2 aromatic heterocycles. The second kappa shape index (κ2) is 10.6. The van der Waals surface area contributed by atoms with E-state index >= 15 is 0 Å². The molecule has 0 fully saturated rings. The summed E-state index contributed by atoms with van der Waals surface area (Å²) >= 11 is 1.28. The number of carbonyl (C=O) groups is 2. The van der Waals surface area contributed by atoms with Crippen molar-refractivity contribution in [3.05, 3.63) is 75.9 Å². The van der Waals surface area contributed by atoms with Gasteiger partial charge in [-0.05, 0) is 43.5 Å². The molecule has 2 heterocycles. The molecule has 0 saturated heterocycles. The molecular formula is C25H24FN5O3S. The zero-order chi connectivity index (χ0) is 24.9. The molecule has 10 heteroatoms. The molecule has 0 bridgehead atoms. The number of thiazole rings is 1. The van der Waals surface area contributed by atoms with Crippen LogP contribution in [-0.4, -0.2) is 32.4 Å². The van der Waals surface area contributed by atoms with Crippen molar-refractivity contribution < 1.29 is 14.0 Å². The number of anilines is 1. The Morgan fingerprint density at radius 1 is 1.17 bits per heavy atom. The average molecular weight is 494 g/mol. The van der Waals surface area contributed by atoms with E-state index in [1.165, 1.54) is 36.7 Å². The van der Waals surface area contributed by atoms with Crippen LogP contribution in [0.2, 0.25) is 0 Å². The molecule has 2 N–H and O–H groups in total. The maximum Gasteiger partial charge on any atom is 0.261 e. The zero-order valence-corrected chi connectivity index (χ0v) is 20.1. The number of halogens is 1. The maximum atomic E-state index is 13.5. The Morgan fingerprint density at radius 3 is 2.69 bits per heavy atom. The second-order valence-corrected chi connectivity index (χ2v) is 9.12. The van der Waals surface area contributed by atoms with Gasteiger partial charge in [0.1, 0.15) is 12.4 Å². The number of nitrogens with zero attached hydrogens (tertiary/aromatic N) is 3. The minimum absolute atomic E-state index is 0.0318. The van der Waals surface area contributed by atoms with Gasteiger partial charge in [-0.1, -0.05) is 24.3 Å². The molecule has 35 heavy (non-hydrogen) atoms. The van der Waals surface area contributed by atoms with Crippen LogP contribution in [0.15, 0.2) is 59.0 Å². The highest BCUT2D eigenvalue weighted by atomic mass is 32.1. The summed E-state index contributed by atoms with van der Waals surface area (Å²) in [5.41, 5.74) is 2.67. The summed E-state index contributed by atoms with van der Waals surface area (Å²) in [6, 6.07) is 11.9. The molecule has 0 aliphatic carbocycles. The summed E-state index contributed by atoms with van der Waals surface area (Å²) in [5, 5.41) is 7.94. The van der Waals surface area contributed by atoms with Crippen LogP contribution in [-0.2, 0) is 22.6 Å². The van der Waals surface area contributed by atoms with Crippen LogP contribution in [0.3, 0.4) is 0 Å². The number of carbonyl (C=O) groups excluding carboxylic acids is 2. The van der Waals surface area contributed by atoms with Gasteiger partial charge in [0.25, 0.3) is 5.56 Å². The third kappa shape index (κ3) is 6.15. The highest BCUT2D eigenvalue weighted by molar-refractivity contribution is 7.14. The molecule has 2 aromatic carbocycles. The fourth-order valence-electron chi connectivity index (χ4n) is 3.67. The lowest BCUT2D eigenvalue weighted by atomic mass is 10.0. The van der Waals surface area contributed by atoms with Gasteiger partial charge in [0.15, 0.2) is 5.13 Å². The summed E-state index contributed by atoms with van der Waals surface area (Å²) < 4.78 is 14.6. The highest BCUT2D eigenvalue weighted by Gasteiger charge is 2.12. The molecule has 8 nitrogen and oxygen atoms in total. The van der Waals surface area contributed by atoms with Crippen LogP contribution in [0.1, 0.15) is 25.8 Å². The van der Waals surface area contributed by atoms with E-state index in [-0.39, 0.29) is 23.9 Å². The highest BCUT2D eigenvalue weighted by Crippen LogP contribution is 2.25. The fraction of sp³-hybridized carbons (Fsp3) is 0.240. The van der Waals surface area contributed by atoms with Crippen molar-refractivity contribution >= 4 is 39.2 Å². The number of rotatable bonds is 8. The number of aromatic nitrogens is 3. The number of hydrogen-bond acceptors (Lipinski definition) is 6. The van der Waals surface area contributed by atoms with Crippen molar-refractivity contribution in [3.8, 4) is 11.3 Å². The first-order valence-electron chi connectivity index (χ1n) is 11.0. The Bertz CT molecular complexity index is 1430. The summed E-state index contributed by atoms with van der Waals surface area (Å²) in [5.74, 6) is -1.01. The second-order valence-electron chi connectivity index (χ2n) is 8.26. The minimum atomic E-state index is -0.540. The van der Waals surface area contributed by atoms with Gasteiger partial charge < -0.3 is 10.6 Å². The topological polar surface area (TPSA) is 106 Å². The lowest BCUT2D eigenvalue weighted by Crippen LogP contribution is -2.30. The number of nitrogens with one attached hydrogen (secondary N) is 2. The molecular weight excluding hydrogens is 469 g/mol. The molecule has 4 rings (SSSR count). The van der Waals surface area contributed by atoms with Crippen molar-refractivity contribution in [1.29, 1.82) is 0 Å². The van der Waals surface area contributed by atoms with Gasteiger partial charge in [-0.15, -0.1) is 11.3 Å². The van der Waals surface area contributed by atoms with Crippen LogP contribution < -0.4 is 16.2 Å². The number of hydrogen-bond donors (Lipinski definition) is 2. The molecule has 0 aliphatic heterocycles. The molecule has 0 aliphatic rings. The lowest BCUT2D eigenvalue weighted by molar-refractivity contribution is -0.119. The summed E-state index contributed by atoms with van der Waals surface area (Å²) in [6.07, 6.45) is 2.96. The number of aryl methyl sites for hydroxylation is 1. The van der Waals surface area contributed by atoms with Gasteiger partial charge in [0, 0.05) is 23.9 Å². The average Bonchev–Trinajstić information content (AvgIpc) is 3.28. The normalized spacial score (nSPS) is 11.9. The molecule has 180 valence electrons. The number of amides is 2. The van der Waals surface area contributed by atoms with E-state index in [1.54, 1.807) is 0 Å². The van der Waals surface area contributed by atoms with Crippen LogP contribution in [0.4, 0.5) is 9.52 Å².